The maximum atomic E-state index is 12.4. The first kappa shape index (κ1) is 20.4. The largest absolute Gasteiger partial charge is 0.493 e. The fourth-order valence-corrected chi connectivity index (χ4v) is 4.16. The highest BCUT2D eigenvalue weighted by Crippen LogP contribution is 2.29. The van der Waals surface area contributed by atoms with Crippen LogP contribution >= 0.6 is 34.7 Å². The number of nitrogens with one attached hydrogen (secondary N) is 1. The molecule has 1 heterocycles. The van der Waals surface area contributed by atoms with Crippen LogP contribution in [0.3, 0.4) is 0 Å². The van der Waals surface area contributed by atoms with Crippen LogP contribution in [0.25, 0.3) is 0 Å². The highest BCUT2D eigenvalue weighted by molar-refractivity contribution is 8.00. The number of ether oxygens (including phenoxy) is 2. The zero-order valence-corrected chi connectivity index (χ0v) is 17.7. The van der Waals surface area contributed by atoms with Gasteiger partial charge in [0.2, 0.25) is 5.13 Å². The van der Waals surface area contributed by atoms with E-state index in [1.807, 2.05) is 24.3 Å². The summed E-state index contributed by atoms with van der Waals surface area (Å²) >= 11 is 8.89. The van der Waals surface area contributed by atoms with Crippen molar-refractivity contribution in [3.05, 3.63) is 58.6 Å². The van der Waals surface area contributed by atoms with Crippen LogP contribution in [0.2, 0.25) is 5.02 Å². The van der Waals surface area contributed by atoms with Crippen LogP contribution in [-0.2, 0) is 5.75 Å². The number of ketones is 1. The molecule has 0 saturated carbocycles. The Labute approximate surface area is 176 Å². The van der Waals surface area contributed by atoms with Crippen LogP contribution in [-0.4, -0.2) is 36.7 Å². The minimum atomic E-state index is -0.0773. The molecule has 0 aliphatic carbocycles. The van der Waals surface area contributed by atoms with Gasteiger partial charge in [-0.2, -0.15) is 0 Å². The number of benzene rings is 2. The van der Waals surface area contributed by atoms with Crippen molar-refractivity contribution in [3.8, 4) is 11.5 Å². The van der Waals surface area contributed by atoms with Crippen LogP contribution in [0.4, 0.5) is 5.13 Å². The summed E-state index contributed by atoms with van der Waals surface area (Å²) in [5, 5.41) is 12.6. The van der Waals surface area contributed by atoms with Gasteiger partial charge in [-0.1, -0.05) is 46.8 Å². The van der Waals surface area contributed by atoms with Crippen molar-refractivity contribution in [2.45, 2.75) is 10.1 Å². The van der Waals surface area contributed by atoms with E-state index in [0.717, 1.165) is 20.7 Å². The fraction of sp³-hybridized carbons (Fsp3) is 0.211. The molecule has 0 spiro atoms. The van der Waals surface area contributed by atoms with Crippen LogP contribution in [0.15, 0.2) is 46.8 Å². The van der Waals surface area contributed by atoms with Crippen LogP contribution < -0.4 is 14.8 Å². The summed E-state index contributed by atoms with van der Waals surface area (Å²) in [4.78, 5) is 12.4. The molecular formula is C19H18ClN3O3S2. The molecule has 0 fully saturated rings. The maximum Gasteiger partial charge on any atom is 0.206 e. The number of hydrogen-bond acceptors (Lipinski definition) is 8. The SMILES string of the molecule is COc1ccc(C(=O)CNc2nnc(SCc3ccc(Cl)cc3)s2)cc1OC. The molecule has 0 radical (unpaired) electrons. The number of anilines is 1. The summed E-state index contributed by atoms with van der Waals surface area (Å²) in [6.45, 7) is 0.117. The second kappa shape index (κ2) is 9.77. The Morgan fingerprint density at radius 3 is 2.57 bits per heavy atom. The predicted molar refractivity (Wildman–Crippen MR) is 113 cm³/mol. The van der Waals surface area contributed by atoms with E-state index in [1.165, 1.54) is 18.4 Å². The highest BCUT2D eigenvalue weighted by Gasteiger charge is 2.12. The van der Waals surface area contributed by atoms with Crippen molar-refractivity contribution in [1.82, 2.24) is 10.2 Å². The van der Waals surface area contributed by atoms with E-state index in [0.29, 0.717) is 22.2 Å². The lowest BCUT2D eigenvalue weighted by Gasteiger charge is -2.09. The molecular weight excluding hydrogens is 418 g/mol. The minimum Gasteiger partial charge on any atom is -0.493 e. The summed E-state index contributed by atoms with van der Waals surface area (Å²) in [5.41, 5.74) is 1.69. The Balaban J connectivity index is 1.53. The lowest BCUT2D eigenvalue weighted by atomic mass is 10.1. The van der Waals surface area contributed by atoms with Crippen molar-refractivity contribution in [2.24, 2.45) is 0 Å². The van der Waals surface area contributed by atoms with Gasteiger partial charge in [0.1, 0.15) is 0 Å². The minimum absolute atomic E-state index is 0.0773. The van der Waals surface area contributed by atoms with E-state index < -0.39 is 0 Å². The van der Waals surface area contributed by atoms with E-state index in [1.54, 1.807) is 37.1 Å². The van der Waals surface area contributed by atoms with Gasteiger partial charge in [-0.15, -0.1) is 10.2 Å². The summed E-state index contributed by atoms with van der Waals surface area (Å²) < 4.78 is 11.3. The van der Waals surface area contributed by atoms with E-state index in [4.69, 9.17) is 21.1 Å². The normalized spacial score (nSPS) is 10.5. The van der Waals surface area contributed by atoms with Crippen molar-refractivity contribution in [2.75, 3.05) is 26.1 Å². The Morgan fingerprint density at radius 1 is 1.11 bits per heavy atom. The summed E-state index contributed by atoms with van der Waals surface area (Å²) in [7, 11) is 3.09. The maximum absolute atomic E-state index is 12.4. The topological polar surface area (TPSA) is 73.3 Å². The molecule has 0 aliphatic heterocycles. The van der Waals surface area contributed by atoms with Crippen molar-refractivity contribution in [3.63, 3.8) is 0 Å². The molecule has 0 bridgehead atoms. The molecule has 1 N–H and O–H groups in total. The second-order valence-corrected chi connectivity index (χ2v) is 8.27. The number of thioether (sulfide) groups is 1. The first-order chi connectivity index (χ1) is 13.6. The third kappa shape index (κ3) is 5.37. The van der Waals surface area contributed by atoms with Gasteiger partial charge >= 0.3 is 0 Å². The number of halogens is 1. The number of nitrogens with zero attached hydrogens (tertiary/aromatic N) is 2. The van der Waals surface area contributed by atoms with Crippen LogP contribution in [0.1, 0.15) is 15.9 Å². The Morgan fingerprint density at radius 2 is 1.86 bits per heavy atom. The lowest BCUT2D eigenvalue weighted by molar-refractivity contribution is 0.101. The van der Waals surface area contributed by atoms with E-state index in [2.05, 4.69) is 15.5 Å². The summed E-state index contributed by atoms with van der Waals surface area (Å²) in [6, 6.07) is 12.8. The van der Waals surface area contributed by atoms with Crippen LogP contribution in [0, 0.1) is 0 Å². The Hall–Kier alpha value is -2.29. The first-order valence-electron chi connectivity index (χ1n) is 8.29. The first-order valence-corrected chi connectivity index (χ1v) is 10.5. The molecule has 1 aromatic heterocycles. The average molecular weight is 436 g/mol. The predicted octanol–water partition coefficient (Wildman–Crippen LogP) is 4.80. The molecule has 9 heteroatoms. The van der Waals surface area contributed by atoms with Gasteiger partial charge in [-0.3, -0.25) is 4.79 Å². The number of hydrogen-bond donors (Lipinski definition) is 1. The van der Waals surface area contributed by atoms with E-state index in [9.17, 15) is 4.79 Å². The number of rotatable bonds is 9. The standard InChI is InChI=1S/C19H18ClN3O3S2/c1-25-16-8-5-13(9-17(16)26-2)15(24)10-21-18-22-23-19(28-18)27-11-12-3-6-14(20)7-4-12/h3-9H,10-11H2,1-2H3,(H,21,22). The number of methoxy groups -OCH3 is 2. The van der Waals surface area contributed by atoms with Crippen molar-refractivity contribution >= 4 is 45.6 Å². The van der Waals surface area contributed by atoms with Crippen molar-refractivity contribution < 1.29 is 14.3 Å². The molecule has 0 saturated heterocycles. The molecule has 0 aliphatic rings. The van der Waals surface area contributed by atoms with Gasteiger partial charge in [0.15, 0.2) is 21.6 Å². The molecule has 3 aromatic rings. The lowest BCUT2D eigenvalue weighted by Crippen LogP contribution is -2.14. The fourth-order valence-electron chi connectivity index (χ4n) is 2.33. The van der Waals surface area contributed by atoms with Gasteiger partial charge in [0.05, 0.1) is 20.8 Å². The van der Waals surface area contributed by atoms with Gasteiger partial charge in [0.25, 0.3) is 0 Å². The van der Waals surface area contributed by atoms with Gasteiger partial charge in [0, 0.05) is 16.3 Å². The average Bonchev–Trinajstić information content (AvgIpc) is 3.19. The monoisotopic (exact) mass is 435 g/mol. The highest BCUT2D eigenvalue weighted by atomic mass is 35.5. The quantitative estimate of drug-likeness (QED) is 0.382. The third-order valence-electron chi connectivity index (χ3n) is 3.79. The second-order valence-electron chi connectivity index (χ2n) is 5.63. The Kier molecular flexibility index (Phi) is 7.13. The van der Waals surface area contributed by atoms with Gasteiger partial charge in [-0.25, -0.2) is 0 Å². The molecule has 6 nitrogen and oxygen atoms in total. The zero-order valence-electron chi connectivity index (χ0n) is 15.3. The van der Waals surface area contributed by atoms with E-state index >= 15 is 0 Å². The van der Waals surface area contributed by atoms with Gasteiger partial charge < -0.3 is 14.8 Å². The zero-order chi connectivity index (χ0) is 19.9. The number of carbonyl (C=O) groups is 1. The molecule has 0 amide bonds. The molecule has 0 atom stereocenters. The molecule has 28 heavy (non-hydrogen) atoms. The number of carbonyl (C=O) groups excluding carboxylic acids is 1. The van der Waals surface area contributed by atoms with Crippen molar-refractivity contribution in [1.29, 1.82) is 0 Å². The number of Topliss-reactive ketones (excluding diaryl/α,β-unsaturated/α-hetero) is 1. The molecule has 146 valence electrons. The third-order valence-corrected chi connectivity index (χ3v) is 6.13. The molecule has 3 rings (SSSR count). The van der Waals surface area contributed by atoms with E-state index in [-0.39, 0.29) is 12.3 Å². The Bertz CT molecular complexity index is 948. The molecule has 0 unspecified atom stereocenters. The smallest absolute Gasteiger partial charge is 0.206 e. The van der Waals surface area contributed by atoms with Gasteiger partial charge in [-0.05, 0) is 35.9 Å². The summed E-state index contributed by atoms with van der Waals surface area (Å²) in [5.74, 6) is 1.80. The molecule has 2 aromatic carbocycles. The summed E-state index contributed by atoms with van der Waals surface area (Å²) in [6.07, 6.45) is 0. The van der Waals surface area contributed by atoms with Crippen LogP contribution in [0.5, 0.6) is 11.5 Å². The number of aromatic nitrogens is 2.